The molecule has 19 heavy (non-hydrogen) atoms. The molecule has 1 N–H and O–H groups in total. The zero-order chi connectivity index (χ0) is 13.2. The molecule has 0 bridgehead atoms. The lowest BCUT2D eigenvalue weighted by atomic mass is 10.3. The number of hydrogen-bond donors (Lipinski definition) is 1. The highest BCUT2D eigenvalue weighted by atomic mass is 32.1. The normalized spacial score (nSPS) is 10.8. The van der Waals surface area contributed by atoms with E-state index in [0.29, 0.717) is 0 Å². The molecular formula is C14H12FN3S. The van der Waals surface area contributed by atoms with Gasteiger partial charge in [0.15, 0.2) is 0 Å². The second-order valence-corrected chi connectivity index (χ2v) is 5.25. The molecule has 96 valence electrons. The zero-order valence-electron chi connectivity index (χ0n) is 10.4. The fourth-order valence-electron chi connectivity index (χ4n) is 1.85. The number of anilines is 2. The molecule has 0 aliphatic carbocycles. The molecule has 0 aliphatic heterocycles. The maximum absolute atomic E-state index is 12.9. The third kappa shape index (κ3) is 2.42. The Labute approximate surface area is 114 Å². The number of rotatable bonds is 3. The molecule has 5 heteroatoms. The third-order valence-electron chi connectivity index (χ3n) is 2.84. The Bertz CT molecular complexity index is 706. The molecular weight excluding hydrogens is 261 g/mol. The van der Waals surface area contributed by atoms with Gasteiger partial charge < -0.3 is 5.32 Å². The highest BCUT2D eigenvalue weighted by Gasteiger charge is 2.08. The molecule has 0 fully saturated rings. The van der Waals surface area contributed by atoms with Crippen molar-refractivity contribution in [2.45, 2.75) is 13.3 Å². The summed E-state index contributed by atoms with van der Waals surface area (Å²) in [6, 6.07) is 8.33. The smallest absolute Gasteiger partial charge is 0.142 e. The van der Waals surface area contributed by atoms with Crippen LogP contribution in [-0.2, 0) is 6.42 Å². The summed E-state index contributed by atoms with van der Waals surface area (Å²) in [5.74, 6) is 0.509. The molecule has 0 saturated carbocycles. The van der Waals surface area contributed by atoms with Crippen molar-refractivity contribution in [2.75, 3.05) is 5.32 Å². The summed E-state index contributed by atoms with van der Waals surface area (Å²) < 4.78 is 12.9. The maximum Gasteiger partial charge on any atom is 0.142 e. The molecule has 3 rings (SSSR count). The maximum atomic E-state index is 12.9. The summed E-state index contributed by atoms with van der Waals surface area (Å²) in [6.45, 7) is 2.12. The van der Waals surface area contributed by atoms with E-state index in [1.807, 2.05) is 0 Å². The van der Waals surface area contributed by atoms with Crippen LogP contribution in [0.2, 0.25) is 0 Å². The SMILES string of the molecule is CCc1cc2c(Nc3ccc(F)cc3)ncnc2s1. The molecule has 0 radical (unpaired) electrons. The van der Waals surface area contributed by atoms with E-state index in [2.05, 4.69) is 28.3 Å². The average molecular weight is 273 g/mol. The monoisotopic (exact) mass is 273 g/mol. The van der Waals surface area contributed by atoms with Crippen molar-refractivity contribution in [3.05, 3.63) is 47.4 Å². The van der Waals surface area contributed by atoms with Crippen molar-refractivity contribution < 1.29 is 4.39 Å². The van der Waals surface area contributed by atoms with Gasteiger partial charge in [-0.3, -0.25) is 0 Å². The predicted molar refractivity (Wildman–Crippen MR) is 76.5 cm³/mol. The van der Waals surface area contributed by atoms with Gasteiger partial charge in [-0.15, -0.1) is 11.3 Å². The van der Waals surface area contributed by atoms with Gasteiger partial charge >= 0.3 is 0 Å². The van der Waals surface area contributed by atoms with Gasteiger partial charge in [0.25, 0.3) is 0 Å². The van der Waals surface area contributed by atoms with Gasteiger partial charge in [-0.2, -0.15) is 0 Å². The summed E-state index contributed by atoms with van der Waals surface area (Å²) in [5.41, 5.74) is 0.811. The van der Waals surface area contributed by atoms with Crippen LogP contribution in [0.4, 0.5) is 15.9 Å². The van der Waals surface area contributed by atoms with E-state index in [4.69, 9.17) is 0 Å². The van der Waals surface area contributed by atoms with Gasteiger partial charge in [-0.25, -0.2) is 14.4 Å². The Morgan fingerprint density at radius 2 is 2.00 bits per heavy atom. The van der Waals surface area contributed by atoms with Crippen LogP contribution < -0.4 is 5.32 Å². The quantitative estimate of drug-likeness (QED) is 0.779. The minimum absolute atomic E-state index is 0.248. The number of benzene rings is 1. The number of fused-ring (bicyclic) bond motifs is 1. The summed E-state index contributed by atoms with van der Waals surface area (Å²) in [7, 11) is 0. The largest absolute Gasteiger partial charge is 0.340 e. The van der Waals surface area contributed by atoms with Gasteiger partial charge in [0.1, 0.15) is 22.8 Å². The van der Waals surface area contributed by atoms with Crippen molar-refractivity contribution in [3.63, 3.8) is 0 Å². The number of aryl methyl sites for hydroxylation is 1. The number of thiophene rings is 1. The summed E-state index contributed by atoms with van der Waals surface area (Å²) in [6.07, 6.45) is 2.53. The molecule has 2 heterocycles. The lowest BCUT2D eigenvalue weighted by molar-refractivity contribution is 0.628. The second kappa shape index (κ2) is 4.93. The van der Waals surface area contributed by atoms with E-state index in [9.17, 15) is 4.39 Å². The summed E-state index contributed by atoms with van der Waals surface area (Å²) in [4.78, 5) is 10.8. The fraction of sp³-hybridized carbons (Fsp3) is 0.143. The summed E-state index contributed by atoms with van der Waals surface area (Å²) >= 11 is 1.67. The van der Waals surface area contributed by atoms with E-state index in [1.54, 1.807) is 29.8 Å². The van der Waals surface area contributed by atoms with Gasteiger partial charge in [0.2, 0.25) is 0 Å². The van der Waals surface area contributed by atoms with Crippen molar-refractivity contribution in [1.29, 1.82) is 0 Å². The highest BCUT2D eigenvalue weighted by Crippen LogP contribution is 2.29. The zero-order valence-corrected chi connectivity index (χ0v) is 11.2. The predicted octanol–water partition coefficient (Wildman–Crippen LogP) is 4.14. The van der Waals surface area contributed by atoms with Crippen LogP contribution in [0.1, 0.15) is 11.8 Å². The standard InChI is InChI=1S/C14H12FN3S/c1-2-11-7-12-13(16-8-17-14(12)19-11)18-10-5-3-9(15)4-6-10/h3-8H,2H2,1H3,(H,16,17,18). The van der Waals surface area contributed by atoms with Crippen LogP contribution in [0.15, 0.2) is 36.7 Å². The Morgan fingerprint density at radius 3 is 2.74 bits per heavy atom. The molecule has 0 spiro atoms. The van der Waals surface area contributed by atoms with Gasteiger partial charge in [0, 0.05) is 10.6 Å². The highest BCUT2D eigenvalue weighted by molar-refractivity contribution is 7.18. The number of halogens is 1. The van der Waals surface area contributed by atoms with E-state index in [0.717, 1.165) is 28.1 Å². The first-order chi connectivity index (χ1) is 9.26. The second-order valence-electron chi connectivity index (χ2n) is 4.14. The first-order valence-electron chi connectivity index (χ1n) is 6.02. The van der Waals surface area contributed by atoms with E-state index in [-0.39, 0.29) is 5.82 Å². The van der Waals surface area contributed by atoms with Crippen molar-refractivity contribution in [2.24, 2.45) is 0 Å². The first kappa shape index (κ1) is 12.0. The van der Waals surface area contributed by atoms with Gasteiger partial charge in [-0.05, 0) is 36.8 Å². The molecule has 1 aromatic carbocycles. The fourth-order valence-corrected chi connectivity index (χ4v) is 2.78. The number of nitrogens with zero attached hydrogens (tertiary/aromatic N) is 2. The topological polar surface area (TPSA) is 37.8 Å². The number of nitrogens with one attached hydrogen (secondary N) is 1. The van der Waals surface area contributed by atoms with Crippen LogP contribution in [0.5, 0.6) is 0 Å². The van der Waals surface area contributed by atoms with E-state index in [1.165, 1.54) is 17.0 Å². The van der Waals surface area contributed by atoms with Crippen LogP contribution in [0.25, 0.3) is 10.2 Å². The van der Waals surface area contributed by atoms with Crippen LogP contribution in [-0.4, -0.2) is 9.97 Å². The minimum atomic E-state index is -0.248. The van der Waals surface area contributed by atoms with Crippen LogP contribution in [0.3, 0.4) is 0 Å². The number of hydrogen-bond acceptors (Lipinski definition) is 4. The Kier molecular flexibility index (Phi) is 3.13. The number of aromatic nitrogens is 2. The molecule has 0 saturated heterocycles. The van der Waals surface area contributed by atoms with Gasteiger partial charge in [0.05, 0.1) is 5.39 Å². The minimum Gasteiger partial charge on any atom is -0.340 e. The average Bonchev–Trinajstić information content (AvgIpc) is 2.85. The Morgan fingerprint density at radius 1 is 1.21 bits per heavy atom. The van der Waals surface area contributed by atoms with Crippen molar-refractivity contribution in [3.8, 4) is 0 Å². The van der Waals surface area contributed by atoms with E-state index >= 15 is 0 Å². The molecule has 0 unspecified atom stereocenters. The van der Waals surface area contributed by atoms with Gasteiger partial charge in [-0.1, -0.05) is 6.92 Å². The van der Waals surface area contributed by atoms with Crippen molar-refractivity contribution >= 4 is 33.1 Å². The van der Waals surface area contributed by atoms with Crippen LogP contribution >= 0.6 is 11.3 Å². The lowest BCUT2D eigenvalue weighted by Crippen LogP contribution is -1.94. The van der Waals surface area contributed by atoms with Crippen LogP contribution in [0, 0.1) is 5.82 Å². The van der Waals surface area contributed by atoms with E-state index < -0.39 is 0 Å². The lowest BCUT2D eigenvalue weighted by Gasteiger charge is -2.05. The molecule has 3 aromatic rings. The van der Waals surface area contributed by atoms with Crippen molar-refractivity contribution in [1.82, 2.24) is 9.97 Å². The Hall–Kier alpha value is -2.01. The molecule has 3 nitrogen and oxygen atoms in total. The molecule has 0 amide bonds. The molecule has 0 atom stereocenters. The molecule has 2 aromatic heterocycles. The first-order valence-corrected chi connectivity index (χ1v) is 6.84. The third-order valence-corrected chi connectivity index (χ3v) is 4.02. The molecule has 0 aliphatic rings. The summed E-state index contributed by atoms with van der Waals surface area (Å²) in [5, 5.41) is 4.21. The Balaban J connectivity index is 2.00.